The first-order chi connectivity index (χ1) is 6.00. The van der Waals surface area contributed by atoms with Crippen molar-refractivity contribution in [2.75, 3.05) is 19.8 Å². The van der Waals surface area contributed by atoms with Crippen molar-refractivity contribution < 1.29 is 14.6 Å². The van der Waals surface area contributed by atoms with Crippen LogP contribution < -0.4 is 4.72 Å². The molecular formula is C8H17NO3S. The highest BCUT2D eigenvalue weighted by Gasteiger charge is 2.27. The van der Waals surface area contributed by atoms with Crippen LogP contribution in [0, 0.1) is 0 Å². The first-order valence-corrected chi connectivity index (χ1v) is 5.04. The molecule has 0 fully saturated rings. The molecule has 0 saturated carbocycles. The van der Waals surface area contributed by atoms with Crippen LogP contribution in [0.2, 0.25) is 0 Å². The molecule has 0 aliphatic carbocycles. The standard InChI is InChI=1S/C8H17NO3S/c1-4-12-6-5-9-13-8(2,3)7(10)11/h9H,4-6H2,1-3H3,(H,10,11). The Labute approximate surface area is 83.2 Å². The number of carboxylic acid groups (broad SMARTS) is 1. The summed E-state index contributed by atoms with van der Waals surface area (Å²) in [5.74, 6) is -0.818. The summed E-state index contributed by atoms with van der Waals surface area (Å²) in [6, 6.07) is 0. The fraction of sp³-hybridized carbons (Fsp3) is 0.875. The Bertz CT molecular complexity index is 161. The van der Waals surface area contributed by atoms with Crippen LogP contribution in [0.4, 0.5) is 0 Å². The van der Waals surface area contributed by atoms with Crippen molar-refractivity contribution in [2.45, 2.75) is 25.5 Å². The lowest BCUT2D eigenvalue weighted by Crippen LogP contribution is -2.31. The van der Waals surface area contributed by atoms with Gasteiger partial charge in [-0.05, 0) is 20.8 Å². The minimum absolute atomic E-state index is 0.610. The quantitative estimate of drug-likeness (QED) is 0.484. The molecule has 0 atom stereocenters. The van der Waals surface area contributed by atoms with Crippen LogP contribution in [0.25, 0.3) is 0 Å². The average Bonchev–Trinajstić information content (AvgIpc) is 2.03. The van der Waals surface area contributed by atoms with E-state index in [1.807, 2.05) is 6.92 Å². The van der Waals surface area contributed by atoms with Gasteiger partial charge in [0.1, 0.15) is 4.75 Å². The molecule has 78 valence electrons. The van der Waals surface area contributed by atoms with Crippen molar-refractivity contribution in [1.82, 2.24) is 4.72 Å². The van der Waals surface area contributed by atoms with Crippen LogP contribution >= 0.6 is 11.9 Å². The Morgan fingerprint density at radius 1 is 1.62 bits per heavy atom. The van der Waals surface area contributed by atoms with E-state index in [4.69, 9.17) is 9.84 Å². The highest BCUT2D eigenvalue weighted by molar-refractivity contribution is 7.99. The van der Waals surface area contributed by atoms with E-state index in [9.17, 15) is 4.79 Å². The van der Waals surface area contributed by atoms with Gasteiger partial charge in [0, 0.05) is 13.2 Å². The Kier molecular flexibility index (Phi) is 6.11. The lowest BCUT2D eigenvalue weighted by molar-refractivity contribution is -0.138. The summed E-state index contributed by atoms with van der Waals surface area (Å²) < 4.78 is 7.25. The molecule has 0 aliphatic heterocycles. The molecule has 0 unspecified atom stereocenters. The minimum Gasteiger partial charge on any atom is -0.480 e. The summed E-state index contributed by atoms with van der Waals surface area (Å²) in [6.45, 7) is 7.21. The highest BCUT2D eigenvalue weighted by Crippen LogP contribution is 2.20. The SMILES string of the molecule is CCOCCNSC(C)(C)C(=O)O. The number of carboxylic acids is 1. The Morgan fingerprint density at radius 2 is 2.23 bits per heavy atom. The summed E-state index contributed by atoms with van der Waals surface area (Å²) in [5.41, 5.74) is 0. The van der Waals surface area contributed by atoms with E-state index < -0.39 is 10.7 Å². The van der Waals surface area contributed by atoms with E-state index in [0.717, 1.165) is 0 Å². The maximum Gasteiger partial charge on any atom is 0.320 e. The molecular weight excluding hydrogens is 190 g/mol. The van der Waals surface area contributed by atoms with Crippen LogP contribution in [-0.2, 0) is 9.53 Å². The summed E-state index contributed by atoms with van der Waals surface area (Å²) in [4.78, 5) is 10.6. The second-order valence-corrected chi connectivity index (χ2v) is 4.52. The number of carbonyl (C=O) groups is 1. The number of hydrogen-bond donors (Lipinski definition) is 2. The summed E-state index contributed by atoms with van der Waals surface area (Å²) in [7, 11) is 0. The molecule has 0 aromatic heterocycles. The molecule has 2 N–H and O–H groups in total. The fourth-order valence-corrected chi connectivity index (χ4v) is 1.17. The number of rotatable bonds is 7. The zero-order valence-electron chi connectivity index (χ0n) is 8.29. The fourth-order valence-electron chi connectivity index (χ4n) is 0.533. The maximum absolute atomic E-state index is 10.6. The van der Waals surface area contributed by atoms with E-state index in [1.165, 1.54) is 11.9 Å². The topological polar surface area (TPSA) is 58.6 Å². The number of ether oxygens (including phenoxy) is 1. The Hall–Kier alpha value is -0.260. The van der Waals surface area contributed by atoms with Gasteiger partial charge >= 0.3 is 5.97 Å². The van der Waals surface area contributed by atoms with Gasteiger partial charge in [-0.15, -0.1) is 0 Å². The van der Waals surface area contributed by atoms with Crippen LogP contribution in [-0.4, -0.2) is 35.6 Å². The van der Waals surface area contributed by atoms with Crippen molar-refractivity contribution in [3.8, 4) is 0 Å². The van der Waals surface area contributed by atoms with Crippen molar-refractivity contribution in [2.24, 2.45) is 0 Å². The van der Waals surface area contributed by atoms with Crippen molar-refractivity contribution in [1.29, 1.82) is 0 Å². The highest BCUT2D eigenvalue weighted by atomic mass is 32.2. The van der Waals surface area contributed by atoms with Gasteiger partial charge < -0.3 is 9.84 Å². The first-order valence-electron chi connectivity index (χ1n) is 4.22. The lowest BCUT2D eigenvalue weighted by Gasteiger charge is -2.18. The molecule has 0 aromatic rings. The van der Waals surface area contributed by atoms with Crippen molar-refractivity contribution in [3.63, 3.8) is 0 Å². The van der Waals surface area contributed by atoms with Gasteiger partial charge in [0.2, 0.25) is 0 Å². The first kappa shape index (κ1) is 12.7. The third kappa shape index (κ3) is 5.90. The van der Waals surface area contributed by atoms with Gasteiger partial charge in [0.15, 0.2) is 0 Å². The molecule has 0 heterocycles. The predicted molar refractivity (Wildman–Crippen MR) is 53.8 cm³/mol. The molecule has 4 nitrogen and oxygen atoms in total. The number of aliphatic carboxylic acids is 1. The molecule has 0 saturated heterocycles. The summed E-state index contributed by atoms with van der Waals surface area (Å²) in [6.07, 6.45) is 0. The molecule has 0 aromatic carbocycles. The van der Waals surface area contributed by atoms with Gasteiger partial charge in [-0.25, -0.2) is 0 Å². The molecule has 0 bridgehead atoms. The van der Waals surface area contributed by atoms with E-state index in [1.54, 1.807) is 13.8 Å². The van der Waals surface area contributed by atoms with Crippen LogP contribution in [0.5, 0.6) is 0 Å². The normalized spacial score (nSPS) is 11.6. The summed E-state index contributed by atoms with van der Waals surface area (Å²) >= 11 is 1.21. The average molecular weight is 207 g/mol. The van der Waals surface area contributed by atoms with Crippen molar-refractivity contribution >= 4 is 17.9 Å². The third-order valence-corrected chi connectivity index (χ3v) is 2.43. The zero-order chi connectivity index (χ0) is 10.3. The molecule has 13 heavy (non-hydrogen) atoms. The minimum atomic E-state index is -0.818. The second-order valence-electron chi connectivity index (χ2n) is 3.01. The molecule has 0 rings (SSSR count). The Morgan fingerprint density at radius 3 is 2.69 bits per heavy atom. The lowest BCUT2D eigenvalue weighted by atomic mass is 10.2. The van der Waals surface area contributed by atoms with Crippen molar-refractivity contribution in [3.05, 3.63) is 0 Å². The largest absolute Gasteiger partial charge is 0.480 e. The van der Waals surface area contributed by atoms with Gasteiger partial charge in [-0.3, -0.25) is 9.52 Å². The molecule has 0 radical (unpaired) electrons. The molecule has 5 heteroatoms. The van der Waals surface area contributed by atoms with E-state index in [-0.39, 0.29) is 0 Å². The van der Waals surface area contributed by atoms with E-state index >= 15 is 0 Å². The molecule has 0 amide bonds. The van der Waals surface area contributed by atoms with E-state index in [0.29, 0.717) is 19.8 Å². The second kappa shape index (κ2) is 6.23. The third-order valence-electron chi connectivity index (χ3n) is 1.39. The Balaban J connectivity index is 3.46. The van der Waals surface area contributed by atoms with Crippen LogP contribution in [0.1, 0.15) is 20.8 Å². The van der Waals surface area contributed by atoms with E-state index in [2.05, 4.69) is 4.72 Å². The summed E-state index contributed by atoms with van der Waals surface area (Å²) in [5, 5.41) is 8.75. The zero-order valence-corrected chi connectivity index (χ0v) is 9.11. The van der Waals surface area contributed by atoms with Crippen LogP contribution in [0.3, 0.4) is 0 Å². The van der Waals surface area contributed by atoms with Gasteiger partial charge in [0.25, 0.3) is 0 Å². The van der Waals surface area contributed by atoms with Gasteiger partial charge in [0.05, 0.1) is 6.61 Å². The molecule has 0 aliphatic rings. The van der Waals surface area contributed by atoms with Gasteiger partial charge in [-0.2, -0.15) is 0 Å². The van der Waals surface area contributed by atoms with Crippen LogP contribution in [0.15, 0.2) is 0 Å². The monoisotopic (exact) mass is 207 g/mol. The smallest absolute Gasteiger partial charge is 0.320 e. The molecule has 0 spiro atoms. The maximum atomic E-state index is 10.6. The number of hydrogen-bond acceptors (Lipinski definition) is 4. The number of nitrogens with one attached hydrogen (secondary N) is 1. The predicted octanol–water partition coefficient (Wildman–Crippen LogP) is 1.12. The van der Waals surface area contributed by atoms with Gasteiger partial charge in [-0.1, -0.05) is 11.9 Å².